The maximum Gasteiger partial charge on any atom is 0.303 e. The van der Waals surface area contributed by atoms with Crippen LogP contribution in [0.5, 0.6) is 0 Å². The first kappa shape index (κ1) is 19.9. The number of carbonyl (C=O) groups is 1. The van der Waals surface area contributed by atoms with Gasteiger partial charge in [0.15, 0.2) is 0 Å². The van der Waals surface area contributed by atoms with Gasteiger partial charge in [0.05, 0.1) is 12.2 Å². The van der Waals surface area contributed by atoms with Gasteiger partial charge in [0.1, 0.15) is 0 Å². The summed E-state index contributed by atoms with van der Waals surface area (Å²) in [5.41, 5.74) is 1.40. The summed E-state index contributed by atoms with van der Waals surface area (Å²) in [6.07, 6.45) is 16.3. The third kappa shape index (κ3) is 5.55. The fraction of sp³-hybridized carbons (Fsp3) is 0.542. The number of hydrogen-bond donors (Lipinski definition) is 1. The van der Waals surface area contributed by atoms with E-state index in [9.17, 15) is 4.79 Å². The second kappa shape index (κ2) is 9.89. The fourth-order valence-electron chi connectivity index (χ4n) is 4.49. The van der Waals surface area contributed by atoms with Crippen molar-refractivity contribution >= 4 is 5.97 Å². The van der Waals surface area contributed by atoms with Crippen LogP contribution in [0.2, 0.25) is 0 Å². The molecule has 0 spiro atoms. The van der Waals surface area contributed by atoms with Gasteiger partial charge in [-0.2, -0.15) is 0 Å². The van der Waals surface area contributed by atoms with Gasteiger partial charge in [-0.05, 0) is 55.9 Å². The van der Waals surface area contributed by atoms with E-state index in [-0.39, 0.29) is 6.42 Å². The lowest BCUT2D eigenvalue weighted by Gasteiger charge is -2.24. The Hall–Kier alpha value is -1.87. The molecule has 3 heteroatoms. The monoisotopic (exact) mass is 368 g/mol. The van der Waals surface area contributed by atoms with Crippen LogP contribution in [0.4, 0.5) is 0 Å². The number of rotatable bonds is 10. The average Bonchev–Trinajstić information content (AvgIpc) is 3.27. The molecule has 2 aliphatic rings. The molecule has 5 atom stereocenters. The first-order valence-electron chi connectivity index (χ1n) is 10.4. The standard InChI is InChI=1S/C24H32O3/c1-18(19-11-5-4-6-12-19)10-9-14-21-20(22-16-17-23(21)27-22)13-7-2-3-8-15-24(25)26/h2,4-7,9,11-12,14,18,20-23H,3,8,10,13,15-17H2,1H3,(H,25,26)/b7-2-,14-9+/t18?,20-,21+,22+,23-/m1/s1. The molecule has 2 bridgehead atoms. The molecule has 2 aliphatic heterocycles. The first-order valence-corrected chi connectivity index (χ1v) is 10.4. The third-order valence-electron chi connectivity index (χ3n) is 6.04. The molecule has 0 saturated carbocycles. The summed E-state index contributed by atoms with van der Waals surface area (Å²) >= 11 is 0. The van der Waals surface area contributed by atoms with E-state index in [2.05, 4.69) is 61.6 Å². The van der Waals surface area contributed by atoms with E-state index in [1.54, 1.807) is 0 Å². The number of ether oxygens (including phenoxy) is 1. The largest absolute Gasteiger partial charge is 0.481 e. The minimum absolute atomic E-state index is 0.256. The normalized spacial score (nSPS) is 28.3. The van der Waals surface area contributed by atoms with Crippen molar-refractivity contribution in [1.82, 2.24) is 0 Å². The number of hydrogen-bond acceptors (Lipinski definition) is 2. The van der Waals surface area contributed by atoms with E-state index in [0.29, 0.717) is 30.0 Å². The highest BCUT2D eigenvalue weighted by Gasteiger charge is 2.46. The first-order chi connectivity index (χ1) is 13.1. The average molecular weight is 369 g/mol. The highest BCUT2D eigenvalue weighted by Crippen LogP contribution is 2.46. The van der Waals surface area contributed by atoms with Crippen LogP contribution < -0.4 is 0 Å². The number of allylic oxidation sites excluding steroid dienone is 3. The predicted octanol–water partition coefficient (Wildman–Crippen LogP) is 5.73. The van der Waals surface area contributed by atoms with Crippen molar-refractivity contribution in [3.8, 4) is 0 Å². The zero-order valence-corrected chi connectivity index (χ0v) is 16.3. The Kier molecular flexibility index (Phi) is 7.28. The molecule has 1 N–H and O–H groups in total. The molecule has 1 unspecified atom stereocenters. The Labute approximate surface area is 163 Å². The number of carboxylic acid groups (broad SMARTS) is 1. The van der Waals surface area contributed by atoms with Gasteiger partial charge in [-0.1, -0.05) is 61.6 Å². The molecule has 0 aliphatic carbocycles. The molecule has 0 amide bonds. The summed E-state index contributed by atoms with van der Waals surface area (Å²) in [5, 5.41) is 8.69. The second-order valence-corrected chi connectivity index (χ2v) is 8.00. The number of fused-ring (bicyclic) bond motifs is 2. The van der Waals surface area contributed by atoms with Gasteiger partial charge in [-0.15, -0.1) is 0 Å². The lowest BCUT2D eigenvalue weighted by atomic mass is 9.77. The van der Waals surface area contributed by atoms with E-state index in [0.717, 1.165) is 25.7 Å². The molecule has 0 radical (unpaired) electrons. The smallest absolute Gasteiger partial charge is 0.303 e. The van der Waals surface area contributed by atoms with Gasteiger partial charge in [0.2, 0.25) is 0 Å². The summed E-state index contributed by atoms with van der Waals surface area (Å²) in [4.78, 5) is 10.6. The minimum atomic E-state index is -0.708. The zero-order valence-electron chi connectivity index (χ0n) is 16.3. The van der Waals surface area contributed by atoms with Crippen molar-refractivity contribution in [1.29, 1.82) is 0 Å². The molecule has 146 valence electrons. The van der Waals surface area contributed by atoms with Crippen LogP contribution in [0.3, 0.4) is 0 Å². The van der Waals surface area contributed by atoms with Crippen molar-refractivity contribution in [2.75, 3.05) is 0 Å². The van der Waals surface area contributed by atoms with E-state index >= 15 is 0 Å². The number of aliphatic carboxylic acids is 1. The quantitative estimate of drug-likeness (QED) is 0.424. The summed E-state index contributed by atoms with van der Waals surface area (Å²) < 4.78 is 6.19. The topological polar surface area (TPSA) is 46.5 Å². The molecular weight excluding hydrogens is 336 g/mol. The minimum Gasteiger partial charge on any atom is -0.481 e. The molecule has 0 aromatic heterocycles. The number of carboxylic acids is 1. The van der Waals surface area contributed by atoms with Crippen molar-refractivity contribution in [2.45, 2.75) is 70.0 Å². The van der Waals surface area contributed by atoms with E-state index in [4.69, 9.17) is 9.84 Å². The van der Waals surface area contributed by atoms with Gasteiger partial charge >= 0.3 is 5.97 Å². The molecule has 2 saturated heterocycles. The molecule has 1 aromatic carbocycles. The molecule has 27 heavy (non-hydrogen) atoms. The number of benzene rings is 1. The van der Waals surface area contributed by atoms with Gasteiger partial charge in [0.25, 0.3) is 0 Å². The van der Waals surface area contributed by atoms with Crippen LogP contribution in [-0.2, 0) is 9.53 Å². The molecule has 1 aromatic rings. The van der Waals surface area contributed by atoms with Crippen LogP contribution in [0.25, 0.3) is 0 Å². The highest BCUT2D eigenvalue weighted by atomic mass is 16.5. The van der Waals surface area contributed by atoms with Crippen molar-refractivity contribution in [3.63, 3.8) is 0 Å². The molecular formula is C24H32O3. The lowest BCUT2D eigenvalue weighted by molar-refractivity contribution is -0.137. The van der Waals surface area contributed by atoms with E-state index in [1.807, 2.05) is 0 Å². The predicted molar refractivity (Wildman–Crippen MR) is 109 cm³/mol. The Bertz CT molecular complexity index is 649. The summed E-state index contributed by atoms with van der Waals surface area (Å²) in [6.45, 7) is 2.29. The maximum atomic E-state index is 10.6. The Morgan fingerprint density at radius 3 is 2.74 bits per heavy atom. The van der Waals surface area contributed by atoms with Crippen LogP contribution in [-0.4, -0.2) is 23.3 Å². The zero-order chi connectivity index (χ0) is 19.1. The van der Waals surface area contributed by atoms with Gasteiger partial charge in [-0.25, -0.2) is 0 Å². The van der Waals surface area contributed by atoms with Crippen molar-refractivity contribution in [3.05, 3.63) is 60.2 Å². The van der Waals surface area contributed by atoms with E-state index in [1.165, 1.54) is 18.4 Å². The molecule has 2 heterocycles. The summed E-state index contributed by atoms with van der Waals surface area (Å²) in [6, 6.07) is 10.7. The van der Waals surface area contributed by atoms with Crippen LogP contribution in [0.15, 0.2) is 54.6 Å². The SMILES string of the molecule is CC(C/C=C/[C@H]1[C@@H](C/C=C\CCCC(=O)O)[C@@H]2CC[C@H]1O2)c1ccccc1. The molecule has 2 fully saturated rings. The van der Waals surface area contributed by atoms with Crippen LogP contribution >= 0.6 is 0 Å². The Balaban J connectivity index is 1.49. The third-order valence-corrected chi connectivity index (χ3v) is 6.04. The van der Waals surface area contributed by atoms with E-state index < -0.39 is 5.97 Å². The fourth-order valence-corrected chi connectivity index (χ4v) is 4.49. The van der Waals surface area contributed by atoms with Gasteiger partial charge in [-0.3, -0.25) is 4.79 Å². The van der Waals surface area contributed by atoms with Crippen LogP contribution in [0, 0.1) is 11.8 Å². The van der Waals surface area contributed by atoms with Crippen molar-refractivity contribution < 1.29 is 14.6 Å². The summed E-state index contributed by atoms with van der Waals surface area (Å²) in [5.74, 6) is 0.924. The van der Waals surface area contributed by atoms with Gasteiger partial charge < -0.3 is 9.84 Å². The Morgan fingerprint density at radius 1 is 1.19 bits per heavy atom. The lowest BCUT2D eigenvalue weighted by Crippen LogP contribution is -2.25. The molecule has 3 nitrogen and oxygen atoms in total. The van der Waals surface area contributed by atoms with Gasteiger partial charge in [0, 0.05) is 12.3 Å². The second-order valence-electron chi connectivity index (χ2n) is 8.00. The van der Waals surface area contributed by atoms with Crippen molar-refractivity contribution in [2.24, 2.45) is 11.8 Å². The number of unbranched alkanes of at least 4 members (excludes halogenated alkanes) is 1. The maximum absolute atomic E-state index is 10.6. The molecule has 3 rings (SSSR count). The highest BCUT2D eigenvalue weighted by molar-refractivity contribution is 5.66. The summed E-state index contributed by atoms with van der Waals surface area (Å²) in [7, 11) is 0. The Morgan fingerprint density at radius 2 is 1.96 bits per heavy atom. The van der Waals surface area contributed by atoms with Crippen LogP contribution in [0.1, 0.15) is 63.4 Å².